The van der Waals surface area contributed by atoms with Crippen molar-refractivity contribution in [3.8, 4) is 0 Å². The van der Waals surface area contributed by atoms with Crippen LogP contribution < -0.4 is 10.1 Å². The van der Waals surface area contributed by atoms with E-state index in [1.54, 1.807) is 42.5 Å². The van der Waals surface area contributed by atoms with Crippen molar-refractivity contribution in [1.82, 2.24) is 10.1 Å². The van der Waals surface area contributed by atoms with Gasteiger partial charge in [0.05, 0.1) is 30.2 Å². The third-order valence-electron chi connectivity index (χ3n) is 4.20. The summed E-state index contributed by atoms with van der Waals surface area (Å²) in [5.74, 6) is 0. The number of unbranched alkanes of at least 4 members (excludes halogenated alkanes) is 1. The number of alkyl halides is 3. The van der Waals surface area contributed by atoms with Crippen molar-refractivity contribution >= 4 is 29.5 Å². The Labute approximate surface area is 228 Å². The van der Waals surface area contributed by atoms with Crippen LogP contribution in [0.2, 0.25) is 0 Å². The van der Waals surface area contributed by atoms with Crippen LogP contribution in [0, 0.1) is 17.0 Å². The van der Waals surface area contributed by atoms with Crippen LogP contribution in [-0.4, -0.2) is 41.5 Å². The maximum Gasteiger partial charge on any atom is 0.419 e. The molecule has 0 aliphatic heterocycles. The fourth-order valence-corrected chi connectivity index (χ4v) is 3.21. The first-order chi connectivity index (χ1) is 18.5. The topological polar surface area (TPSA) is 132 Å². The second kappa shape index (κ2) is 20.1. The lowest BCUT2D eigenvalue weighted by atomic mass is 10.1. The van der Waals surface area contributed by atoms with Crippen LogP contribution in [0.15, 0.2) is 70.7 Å². The molecule has 14 heteroatoms. The highest BCUT2D eigenvalue weighted by molar-refractivity contribution is 7.83. The van der Waals surface area contributed by atoms with E-state index in [4.69, 9.17) is 4.74 Å². The van der Waals surface area contributed by atoms with Crippen LogP contribution in [0.4, 0.5) is 18.0 Å². The molecule has 0 radical (unpaired) electrons. The summed E-state index contributed by atoms with van der Waals surface area (Å²) in [5.41, 5.74) is 4.45. The normalized spacial score (nSPS) is 11.4. The number of rotatable bonds is 12. The van der Waals surface area contributed by atoms with Crippen molar-refractivity contribution in [2.24, 2.45) is 5.10 Å². The van der Waals surface area contributed by atoms with Gasteiger partial charge >= 0.3 is 12.3 Å². The third-order valence-corrected chi connectivity index (χ3v) is 5.25. The first-order valence-electron chi connectivity index (χ1n) is 11.7. The average molecular weight is 575 g/mol. The Morgan fingerprint density at radius 3 is 2.23 bits per heavy atom. The molecule has 216 valence electrons. The highest BCUT2D eigenvalue weighted by Gasteiger charge is 2.25. The lowest BCUT2D eigenvalue weighted by Crippen LogP contribution is -2.26. The lowest BCUT2D eigenvalue weighted by Gasteiger charge is -2.08. The molecular formula is C25H33F3N4O6S. The number of carbonyl (C=O) groups excluding carboxylic acids is 1. The first-order valence-corrected chi connectivity index (χ1v) is 12.9. The Hall–Kier alpha value is -3.94. The van der Waals surface area contributed by atoms with E-state index in [0.29, 0.717) is 29.0 Å². The second-order valence-electron chi connectivity index (χ2n) is 7.16. The zero-order valence-electron chi connectivity index (χ0n) is 21.9. The number of carbonyl (C=O) groups is 1. The van der Waals surface area contributed by atoms with E-state index in [1.807, 2.05) is 32.9 Å². The molecule has 0 aromatic heterocycles. The molecular weight excluding hydrogens is 541 g/mol. The smallest absolute Gasteiger partial charge is 0.419 e. The van der Waals surface area contributed by atoms with E-state index in [-0.39, 0.29) is 13.2 Å². The van der Waals surface area contributed by atoms with E-state index in [2.05, 4.69) is 26.8 Å². The molecule has 2 aromatic rings. The van der Waals surface area contributed by atoms with E-state index in [0.717, 1.165) is 11.6 Å². The van der Waals surface area contributed by atoms with Gasteiger partial charge in [-0.2, -0.15) is 18.3 Å². The minimum atomic E-state index is -4.22. The number of hydrogen-bond acceptors (Lipinski definition) is 8. The van der Waals surface area contributed by atoms with Gasteiger partial charge in [0.1, 0.15) is 0 Å². The number of aryl methyl sites for hydroxylation is 1. The largest absolute Gasteiger partial charge is 0.449 e. The molecule has 0 bridgehead atoms. The number of amides is 1. The average Bonchev–Trinajstić information content (AvgIpc) is 2.90. The SMILES string of the molecule is C=NN/C(=C\CC(F)(F)F)c1ccc(C)cc1.CC.O=C(NS(=O)c1ccccc1)OCCCCO[N+](=O)[O-]. The zero-order chi connectivity index (χ0) is 29.7. The Kier molecular flexibility index (Phi) is 18.0. The fraction of sp³-hybridized carbons (Fsp3) is 0.360. The summed E-state index contributed by atoms with van der Waals surface area (Å²) in [5, 5.41) is 12.4. The molecule has 0 saturated carbocycles. The molecule has 2 N–H and O–H groups in total. The van der Waals surface area contributed by atoms with Crippen LogP contribution in [0.25, 0.3) is 5.70 Å². The molecule has 0 heterocycles. The highest BCUT2D eigenvalue weighted by atomic mass is 32.2. The second-order valence-corrected chi connectivity index (χ2v) is 8.37. The maximum atomic E-state index is 12.1. The fourth-order valence-electron chi connectivity index (χ4n) is 2.48. The molecule has 1 unspecified atom stereocenters. The number of nitrogens with one attached hydrogen (secondary N) is 2. The predicted molar refractivity (Wildman–Crippen MR) is 143 cm³/mol. The van der Waals surface area contributed by atoms with Crippen LogP contribution in [-0.2, 0) is 20.6 Å². The molecule has 0 fully saturated rings. The van der Waals surface area contributed by atoms with Gasteiger partial charge in [0.15, 0.2) is 11.0 Å². The zero-order valence-corrected chi connectivity index (χ0v) is 22.7. The van der Waals surface area contributed by atoms with E-state index in [1.165, 1.54) is 0 Å². The van der Waals surface area contributed by atoms with E-state index in [9.17, 15) is 32.3 Å². The molecule has 0 aliphatic carbocycles. The summed E-state index contributed by atoms with van der Waals surface area (Å²) >= 11 is 0. The van der Waals surface area contributed by atoms with Gasteiger partial charge in [-0.3, -0.25) is 5.43 Å². The van der Waals surface area contributed by atoms with Crippen molar-refractivity contribution in [1.29, 1.82) is 0 Å². The monoisotopic (exact) mass is 574 g/mol. The Morgan fingerprint density at radius 1 is 1.10 bits per heavy atom. The van der Waals surface area contributed by atoms with Gasteiger partial charge in [-0.1, -0.05) is 61.9 Å². The third kappa shape index (κ3) is 18.0. The molecule has 2 rings (SSSR count). The quantitative estimate of drug-likeness (QED) is 0.139. The Bertz CT molecular complexity index is 1050. The standard InChI is InChI=1S/C12H13F3N2.C11H14N2O6S.C2H6/c1-9-3-5-10(6-4-9)11(17-16-2)7-8-12(13,14)15;14-11(18-8-4-5-9-19-13(15)16)12-20(17)10-6-2-1-3-7-10;1-2/h3-7,17H,2,8H2,1H3;1-3,6-7H,4-5,8-9H2,(H,12,14);1-2H3/b11-7-;;. The van der Waals surface area contributed by atoms with E-state index >= 15 is 0 Å². The number of allylic oxidation sites excluding steroid dienone is 1. The van der Waals surface area contributed by atoms with Crippen molar-refractivity contribution < 1.29 is 36.8 Å². The summed E-state index contributed by atoms with van der Waals surface area (Å²) < 4.78 is 55.0. The minimum Gasteiger partial charge on any atom is -0.449 e. The van der Waals surface area contributed by atoms with Crippen LogP contribution in [0.5, 0.6) is 0 Å². The number of ether oxygens (including phenoxy) is 1. The molecule has 0 saturated heterocycles. The van der Waals surface area contributed by atoms with E-state index < -0.39 is 34.8 Å². The first kappa shape index (κ1) is 35.1. The maximum absolute atomic E-state index is 12.1. The molecule has 2 aromatic carbocycles. The van der Waals surface area contributed by atoms with Gasteiger partial charge in [-0.15, -0.1) is 10.1 Å². The van der Waals surface area contributed by atoms with Crippen LogP contribution in [0.3, 0.4) is 0 Å². The number of hydrazone groups is 1. The summed E-state index contributed by atoms with van der Waals surface area (Å²) in [6, 6.07) is 15.5. The van der Waals surface area contributed by atoms with Crippen molar-refractivity contribution in [2.75, 3.05) is 13.2 Å². The summed E-state index contributed by atoms with van der Waals surface area (Å²) in [4.78, 5) is 25.7. The minimum absolute atomic E-state index is 0.0477. The van der Waals surface area contributed by atoms with Crippen molar-refractivity contribution in [3.63, 3.8) is 0 Å². The lowest BCUT2D eigenvalue weighted by molar-refractivity contribution is -0.757. The number of benzene rings is 2. The molecule has 10 nitrogen and oxygen atoms in total. The molecule has 39 heavy (non-hydrogen) atoms. The Morgan fingerprint density at radius 2 is 1.69 bits per heavy atom. The summed E-state index contributed by atoms with van der Waals surface area (Å²) in [7, 11) is -1.67. The number of nitrogens with zero attached hydrogens (tertiary/aromatic N) is 2. The Balaban J connectivity index is 0.000000704. The van der Waals surface area contributed by atoms with Gasteiger partial charge < -0.3 is 9.57 Å². The van der Waals surface area contributed by atoms with Crippen LogP contribution in [0.1, 0.15) is 44.2 Å². The summed E-state index contributed by atoms with van der Waals surface area (Å²) in [6.07, 6.45) is -4.17. The van der Waals surface area contributed by atoms with Gasteiger partial charge in [0, 0.05) is 6.72 Å². The van der Waals surface area contributed by atoms with Crippen molar-refractivity contribution in [3.05, 3.63) is 81.9 Å². The van der Waals surface area contributed by atoms with Crippen LogP contribution >= 0.6 is 0 Å². The number of hydrogen-bond donors (Lipinski definition) is 2. The van der Waals surface area contributed by atoms with Gasteiger partial charge in [0.2, 0.25) is 0 Å². The summed E-state index contributed by atoms with van der Waals surface area (Å²) in [6.45, 7) is 9.13. The molecule has 0 aliphatic rings. The van der Waals surface area contributed by atoms with Gasteiger partial charge in [0.25, 0.3) is 5.09 Å². The predicted octanol–water partition coefficient (Wildman–Crippen LogP) is 5.94. The van der Waals surface area contributed by atoms with Gasteiger partial charge in [-0.25, -0.2) is 13.7 Å². The highest BCUT2D eigenvalue weighted by Crippen LogP contribution is 2.23. The van der Waals surface area contributed by atoms with Crippen molar-refractivity contribution in [2.45, 2.75) is 51.1 Å². The van der Waals surface area contributed by atoms with Gasteiger partial charge in [-0.05, 0) is 43.5 Å². The molecule has 1 amide bonds. The molecule has 1 atom stereocenters. The number of halogens is 3. The molecule has 0 spiro atoms.